The van der Waals surface area contributed by atoms with Crippen LogP contribution < -0.4 is 11.1 Å². The van der Waals surface area contributed by atoms with Crippen molar-refractivity contribution in [1.29, 1.82) is 0 Å². The molecular weight excluding hydrogens is 144 g/mol. The van der Waals surface area contributed by atoms with Gasteiger partial charge in [0.2, 0.25) is 11.6 Å². The molecule has 0 aliphatic carbocycles. The summed E-state index contributed by atoms with van der Waals surface area (Å²) in [6, 6.07) is 0. The van der Waals surface area contributed by atoms with Gasteiger partial charge < -0.3 is 5.73 Å². The van der Waals surface area contributed by atoms with Crippen LogP contribution in [-0.4, -0.2) is 24.8 Å². The van der Waals surface area contributed by atoms with Gasteiger partial charge >= 0.3 is 0 Å². The molecule has 0 spiro atoms. The van der Waals surface area contributed by atoms with E-state index < -0.39 is 11.6 Å². The maximum absolute atomic E-state index is 10.8. The number of ketones is 2. The van der Waals surface area contributed by atoms with Gasteiger partial charge in [-0.1, -0.05) is 6.58 Å². The minimum absolute atomic E-state index is 0.0117. The molecule has 0 bridgehead atoms. The zero-order valence-electron chi connectivity index (χ0n) is 6.52. The molecule has 0 aliphatic rings. The molecule has 3 N–H and O–H groups in total. The molecule has 0 heterocycles. The van der Waals surface area contributed by atoms with E-state index in [9.17, 15) is 9.59 Å². The second-order valence-electron chi connectivity index (χ2n) is 2.16. The minimum Gasteiger partial charge on any atom is -0.318 e. The number of hydrogen-bond acceptors (Lipinski definition) is 4. The second-order valence-corrected chi connectivity index (χ2v) is 2.16. The van der Waals surface area contributed by atoms with Gasteiger partial charge in [-0.15, -0.1) is 0 Å². The van der Waals surface area contributed by atoms with E-state index in [1.807, 2.05) is 0 Å². The summed E-state index contributed by atoms with van der Waals surface area (Å²) in [7, 11) is 0. The number of Topliss-reactive ketones (excluding diaryl/α,β-unsaturated/α-hetero) is 2. The zero-order valence-corrected chi connectivity index (χ0v) is 6.52. The quantitative estimate of drug-likeness (QED) is 0.311. The van der Waals surface area contributed by atoms with Crippen molar-refractivity contribution >= 4 is 11.6 Å². The van der Waals surface area contributed by atoms with Crippen LogP contribution in [0, 0.1) is 0 Å². The first-order valence-corrected chi connectivity index (χ1v) is 3.23. The maximum Gasteiger partial charge on any atom is 0.225 e. The van der Waals surface area contributed by atoms with Gasteiger partial charge in [0.15, 0.2) is 0 Å². The molecule has 0 aromatic heterocycles. The average Bonchev–Trinajstić information content (AvgIpc) is 1.98. The van der Waals surface area contributed by atoms with Gasteiger partial charge in [-0.05, 0) is 12.5 Å². The van der Waals surface area contributed by atoms with Gasteiger partial charge in [-0.25, -0.2) is 0 Å². The highest BCUT2D eigenvalue weighted by Crippen LogP contribution is 1.89. The van der Waals surface area contributed by atoms with E-state index in [-0.39, 0.29) is 18.8 Å². The molecule has 11 heavy (non-hydrogen) atoms. The van der Waals surface area contributed by atoms with Gasteiger partial charge in [0, 0.05) is 6.67 Å². The predicted molar refractivity (Wildman–Crippen MR) is 41.9 cm³/mol. The highest BCUT2D eigenvalue weighted by Gasteiger charge is 2.12. The van der Waals surface area contributed by atoms with Crippen molar-refractivity contribution in [1.82, 2.24) is 5.32 Å². The normalized spacial score (nSPS) is 9.27. The third-order valence-electron chi connectivity index (χ3n) is 1.07. The molecule has 62 valence electrons. The molecule has 0 aromatic carbocycles. The molecule has 0 amide bonds. The summed E-state index contributed by atoms with van der Waals surface area (Å²) in [5.41, 5.74) is 5.31. The lowest BCUT2D eigenvalue weighted by molar-refractivity contribution is -0.133. The van der Waals surface area contributed by atoms with Crippen molar-refractivity contribution in [3.8, 4) is 0 Å². The molecule has 0 radical (unpaired) electrons. The van der Waals surface area contributed by atoms with Crippen molar-refractivity contribution in [2.45, 2.75) is 6.92 Å². The zero-order chi connectivity index (χ0) is 8.85. The Balaban J connectivity index is 3.84. The van der Waals surface area contributed by atoms with Gasteiger partial charge in [0.25, 0.3) is 0 Å². The van der Waals surface area contributed by atoms with Crippen molar-refractivity contribution in [2.75, 3.05) is 13.2 Å². The smallest absolute Gasteiger partial charge is 0.225 e. The molecule has 0 fully saturated rings. The monoisotopic (exact) mass is 156 g/mol. The number of carbonyl (C=O) groups excluding carboxylic acids is 2. The number of nitrogens with two attached hydrogens (primary N) is 1. The summed E-state index contributed by atoms with van der Waals surface area (Å²) in [6.07, 6.45) is 0. The largest absolute Gasteiger partial charge is 0.318 e. The summed E-state index contributed by atoms with van der Waals surface area (Å²) in [4.78, 5) is 21.6. The molecule has 0 aromatic rings. The average molecular weight is 156 g/mol. The fourth-order valence-corrected chi connectivity index (χ4v) is 0.504. The van der Waals surface area contributed by atoms with Gasteiger partial charge in [0.05, 0.1) is 6.54 Å². The Morgan fingerprint density at radius 1 is 1.55 bits per heavy atom. The van der Waals surface area contributed by atoms with Crippen LogP contribution >= 0.6 is 0 Å². The minimum atomic E-state index is -0.536. The van der Waals surface area contributed by atoms with Crippen molar-refractivity contribution in [2.24, 2.45) is 5.73 Å². The Hall–Kier alpha value is -1.00. The van der Waals surface area contributed by atoms with E-state index in [1.54, 1.807) is 0 Å². The first kappa shape index (κ1) is 10.0. The van der Waals surface area contributed by atoms with E-state index >= 15 is 0 Å². The SMILES string of the molecule is C=C(C)C(=O)C(=O)CNCN. The highest BCUT2D eigenvalue weighted by atomic mass is 16.2. The molecule has 0 unspecified atom stereocenters. The topological polar surface area (TPSA) is 72.2 Å². The fraction of sp³-hybridized carbons (Fsp3) is 0.429. The van der Waals surface area contributed by atoms with E-state index in [0.29, 0.717) is 0 Å². The number of nitrogens with one attached hydrogen (secondary N) is 1. The van der Waals surface area contributed by atoms with Crippen LogP contribution in [0.25, 0.3) is 0 Å². The number of carbonyl (C=O) groups is 2. The van der Waals surface area contributed by atoms with Crippen LogP contribution in [0.3, 0.4) is 0 Å². The number of hydrogen-bond donors (Lipinski definition) is 2. The summed E-state index contributed by atoms with van der Waals surface area (Å²) in [6.45, 7) is 5.04. The lowest BCUT2D eigenvalue weighted by Crippen LogP contribution is -2.32. The Labute approximate surface area is 65.5 Å². The molecule has 0 saturated heterocycles. The molecule has 0 atom stereocenters. The summed E-state index contributed by atoms with van der Waals surface area (Å²) in [5.74, 6) is -1.03. The van der Waals surface area contributed by atoms with Crippen LogP contribution in [0.1, 0.15) is 6.92 Å². The molecule has 0 aliphatic heterocycles. The standard InChI is InChI=1S/C7H12N2O2/c1-5(2)7(11)6(10)3-9-4-8/h9H,1,3-4,8H2,2H3. The Bertz CT molecular complexity index is 187. The predicted octanol–water partition coefficient (Wildman–Crippen LogP) is -0.793. The summed E-state index contributed by atoms with van der Waals surface area (Å²) >= 11 is 0. The first-order chi connectivity index (χ1) is 5.09. The van der Waals surface area contributed by atoms with Crippen molar-refractivity contribution in [3.63, 3.8) is 0 Å². The van der Waals surface area contributed by atoms with Crippen LogP contribution in [-0.2, 0) is 9.59 Å². The van der Waals surface area contributed by atoms with Gasteiger partial charge in [-0.3, -0.25) is 14.9 Å². The van der Waals surface area contributed by atoms with Crippen LogP contribution in [0.2, 0.25) is 0 Å². The molecule has 4 heteroatoms. The highest BCUT2D eigenvalue weighted by molar-refractivity contribution is 6.43. The van der Waals surface area contributed by atoms with Crippen molar-refractivity contribution < 1.29 is 9.59 Å². The summed E-state index contributed by atoms with van der Waals surface area (Å²) in [5, 5.41) is 2.55. The number of rotatable bonds is 5. The van der Waals surface area contributed by atoms with Crippen molar-refractivity contribution in [3.05, 3.63) is 12.2 Å². The Kier molecular flexibility index (Phi) is 4.33. The Morgan fingerprint density at radius 2 is 2.09 bits per heavy atom. The number of allylic oxidation sites excluding steroid dienone is 1. The lowest BCUT2D eigenvalue weighted by atomic mass is 10.1. The molecule has 0 rings (SSSR count). The third-order valence-corrected chi connectivity index (χ3v) is 1.07. The maximum atomic E-state index is 10.8. The van der Waals surface area contributed by atoms with E-state index in [4.69, 9.17) is 5.73 Å². The van der Waals surface area contributed by atoms with E-state index in [2.05, 4.69) is 11.9 Å². The Morgan fingerprint density at radius 3 is 2.45 bits per heavy atom. The van der Waals surface area contributed by atoms with Gasteiger partial charge in [-0.2, -0.15) is 0 Å². The molecule has 4 nitrogen and oxygen atoms in total. The first-order valence-electron chi connectivity index (χ1n) is 3.23. The lowest BCUT2D eigenvalue weighted by Gasteiger charge is -1.98. The van der Waals surface area contributed by atoms with Crippen LogP contribution in [0.15, 0.2) is 12.2 Å². The molecule has 0 saturated carbocycles. The summed E-state index contributed by atoms with van der Waals surface area (Å²) < 4.78 is 0. The fourth-order valence-electron chi connectivity index (χ4n) is 0.504. The van der Waals surface area contributed by atoms with E-state index in [1.165, 1.54) is 6.92 Å². The van der Waals surface area contributed by atoms with Crippen LogP contribution in [0.4, 0.5) is 0 Å². The van der Waals surface area contributed by atoms with E-state index in [0.717, 1.165) is 0 Å². The van der Waals surface area contributed by atoms with Gasteiger partial charge in [0.1, 0.15) is 0 Å². The molecular formula is C7H12N2O2. The van der Waals surface area contributed by atoms with Crippen LogP contribution in [0.5, 0.6) is 0 Å². The third kappa shape index (κ3) is 3.64. The second kappa shape index (κ2) is 4.76.